The zero-order valence-electron chi connectivity index (χ0n) is 18.6. The third kappa shape index (κ3) is 4.57. The van der Waals surface area contributed by atoms with E-state index in [2.05, 4.69) is 22.2 Å². The summed E-state index contributed by atoms with van der Waals surface area (Å²) in [6.45, 7) is 8.00. The molecule has 4 rings (SSSR count). The van der Waals surface area contributed by atoms with Crippen molar-refractivity contribution in [2.24, 2.45) is 0 Å². The quantitative estimate of drug-likeness (QED) is 0.585. The normalized spacial score (nSPS) is 16.2. The van der Waals surface area contributed by atoms with E-state index < -0.39 is 9.84 Å². The van der Waals surface area contributed by atoms with Gasteiger partial charge in [-0.2, -0.15) is 0 Å². The number of fused-ring (bicyclic) bond motifs is 1. The number of nitrogens with one attached hydrogen (secondary N) is 2. The zero-order chi connectivity index (χ0) is 22.2. The Kier molecular flexibility index (Phi) is 5.99. The van der Waals surface area contributed by atoms with Crippen LogP contribution in [0.3, 0.4) is 0 Å². The fourth-order valence-corrected chi connectivity index (χ4v) is 5.51. The highest BCUT2D eigenvalue weighted by atomic mass is 32.2. The minimum absolute atomic E-state index is 0.0155. The standard InChI is InChI=1S/C24H31N3O3S/c1-16(2)30-19-6-8-22-21(13-19)24(15-25-22)31(28,29)20-7-5-17(3)23(14-20)26-18-9-11-27(4)12-10-18/h5-8,13-16,18,25-26H,9-12H2,1-4H3. The Morgan fingerprint density at radius 3 is 2.58 bits per heavy atom. The number of benzene rings is 2. The molecule has 31 heavy (non-hydrogen) atoms. The molecule has 0 unspecified atom stereocenters. The van der Waals surface area contributed by atoms with Crippen molar-refractivity contribution in [2.45, 2.75) is 55.5 Å². The predicted octanol–water partition coefficient (Wildman–Crippen LogP) is 4.60. The van der Waals surface area contributed by atoms with E-state index in [1.165, 1.54) is 0 Å². The van der Waals surface area contributed by atoms with Crippen molar-refractivity contribution in [2.75, 3.05) is 25.5 Å². The number of piperidine rings is 1. The summed E-state index contributed by atoms with van der Waals surface area (Å²) in [7, 11) is -1.56. The maximum Gasteiger partial charge on any atom is 0.208 e. The SMILES string of the molecule is Cc1ccc(S(=O)(=O)c2c[nH]c3ccc(OC(C)C)cc23)cc1NC1CCN(C)CC1. The lowest BCUT2D eigenvalue weighted by molar-refractivity contribution is 0.243. The maximum atomic E-state index is 13.5. The minimum Gasteiger partial charge on any atom is -0.491 e. The van der Waals surface area contributed by atoms with Gasteiger partial charge in [-0.3, -0.25) is 0 Å². The number of hydrogen-bond acceptors (Lipinski definition) is 5. The highest BCUT2D eigenvalue weighted by Gasteiger charge is 2.24. The highest BCUT2D eigenvalue weighted by molar-refractivity contribution is 7.91. The molecule has 1 aromatic heterocycles. The van der Waals surface area contributed by atoms with Gasteiger partial charge < -0.3 is 19.9 Å². The fraction of sp³-hybridized carbons (Fsp3) is 0.417. The lowest BCUT2D eigenvalue weighted by atomic mass is 10.0. The molecule has 2 N–H and O–H groups in total. The molecule has 2 heterocycles. The number of ether oxygens (including phenoxy) is 1. The summed E-state index contributed by atoms with van der Waals surface area (Å²) < 4.78 is 32.9. The second-order valence-electron chi connectivity index (χ2n) is 8.73. The molecule has 3 aromatic rings. The Bertz CT molecular complexity index is 1180. The second-order valence-corrected chi connectivity index (χ2v) is 10.6. The number of rotatable bonds is 6. The Hall–Kier alpha value is -2.51. The van der Waals surface area contributed by atoms with Crippen molar-refractivity contribution in [3.05, 3.63) is 48.2 Å². The van der Waals surface area contributed by atoms with Crippen LogP contribution < -0.4 is 10.1 Å². The number of hydrogen-bond donors (Lipinski definition) is 2. The number of sulfone groups is 1. The summed E-state index contributed by atoms with van der Waals surface area (Å²) in [5.41, 5.74) is 2.70. The van der Waals surface area contributed by atoms with E-state index in [0.29, 0.717) is 22.1 Å². The third-order valence-corrected chi connectivity index (χ3v) is 7.67. The molecule has 1 aliphatic rings. The molecule has 0 aliphatic carbocycles. The van der Waals surface area contributed by atoms with Gasteiger partial charge in [0.25, 0.3) is 0 Å². The van der Waals surface area contributed by atoms with Gasteiger partial charge >= 0.3 is 0 Å². The highest BCUT2D eigenvalue weighted by Crippen LogP contribution is 2.33. The summed E-state index contributed by atoms with van der Waals surface area (Å²) in [5.74, 6) is 0.659. The van der Waals surface area contributed by atoms with E-state index in [0.717, 1.165) is 42.7 Å². The van der Waals surface area contributed by atoms with E-state index in [1.54, 1.807) is 24.4 Å². The van der Waals surface area contributed by atoms with Gasteiger partial charge in [-0.1, -0.05) is 6.07 Å². The molecular weight excluding hydrogens is 410 g/mol. The number of anilines is 1. The summed E-state index contributed by atoms with van der Waals surface area (Å²) in [5, 5.41) is 4.22. The van der Waals surface area contributed by atoms with Crippen LogP contribution in [0.2, 0.25) is 0 Å². The Morgan fingerprint density at radius 2 is 1.87 bits per heavy atom. The van der Waals surface area contributed by atoms with Crippen molar-refractivity contribution >= 4 is 26.4 Å². The molecule has 0 spiro atoms. The van der Waals surface area contributed by atoms with Gasteiger partial charge in [-0.15, -0.1) is 0 Å². The topological polar surface area (TPSA) is 74.4 Å². The van der Waals surface area contributed by atoms with Gasteiger partial charge in [0, 0.05) is 28.8 Å². The summed E-state index contributed by atoms with van der Waals surface area (Å²) in [6.07, 6.45) is 3.69. The molecule has 1 saturated heterocycles. The van der Waals surface area contributed by atoms with Crippen molar-refractivity contribution in [1.29, 1.82) is 0 Å². The molecule has 0 bridgehead atoms. The van der Waals surface area contributed by atoms with Crippen molar-refractivity contribution in [3.63, 3.8) is 0 Å². The van der Waals surface area contributed by atoms with E-state index in [9.17, 15) is 8.42 Å². The first-order chi connectivity index (χ1) is 14.7. The molecule has 1 fully saturated rings. The Balaban J connectivity index is 1.67. The lowest BCUT2D eigenvalue weighted by Gasteiger charge is -2.30. The van der Waals surface area contributed by atoms with E-state index >= 15 is 0 Å². The molecule has 0 radical (unpaired) electrons. The molecular formula is C24H31N3O3S. The van der Waals surface area contributed by atoms with E-state index in [4.69, 9.17) is 4.74 Å². The monoisotopic (exact) mass is 441 g/mol. The van der Waals surface area contributed by atoms with Crippen LogP contribution >= 0.6 is 0 Å². The van der Waals surface area contributed by atoms with Crippen LogP contribution in [-0.2, 0) is 9.84 Å². The van der Waals surface area contributed by atoms with Crippen LogP contribution in [0.4, 0.5) is 5.69 Å². The average molecular weight is 442 g/mol. The molecule has 1 aliphatic heterocycles. The van der Waals surface area contributed by atoms with Crippen molar-refractivity contribution in [1.82, 2.24) is 9.88 Å². The van der Waals surface area contributed by atoms with Crippen molar-refractivity contribution < 1.29 is 13.2 Å². The Labute approximate surface area is 184 Å². The van der Waals surface area contributed by atoms with E-state index in [-0.39, 0.29) is 11.0 Å². The number of likely N-dealkylation sites (tertiary alicyclic amines) is 1. The lowest BCUT2D eigenvalue weighted by Crippen LogP contribution is -2.36. The first-order valence-corrected chi connectivity index (χ1v) is 12.3. The van der Waals surface area contributed by atoms with Crippen LogP contribution in [0.15, 0.2) is 52.4 Å². The van der Waals surface area contributed by atoms with Crippen LogP contribution in [0, 0.1) is 6.92 Å². The number of H-pyrrole nitrogens is 1. The smallest absolute Gasteiger partial charge is 0.208 e. The Morgan fingerprint density at radius 1 is 1.13 bits per heavy atom. The average Bonchev–Trinajstić information content (AvgIpc) is 3.15. The van der Waals surface area contributed by atoms with Crippen LogP contribution in [-0.4, -0.2) is 50.6 Å². The zero-order valence-corrected chi connectivity index (χ0v) is 19.4. The first-order valence-electron chi connectivity index (χ1n) is 10.8. The predicted molar refractivity (Wildman–Crippen MR) is 125 cm³/mol. The van der Waals surface area contributed by atoms with Gasteiger partial charge in [0.05, 0.1) is 15.9 Å². The van der Waals surface area contributed by atoms with Crippen molar-refractivity contribution in [3.8, 4) is 5.75 Å². The second kappa shape index (κ2) is 8.55. The third-order valence-electron chi connectivity index (χ3n) is 5.87. The first kappa shape index (κ1) is 21.7. The summed E-state index contributed by atoms with van der Waals surface area (Å²) in [4.78, 5) is 5.97. The van der Waals surface area contributed by atoms with E-state index in [1.807, 2.05) is 39.0 Å². The maximum absolute atomic E-state index is 13.5. The molecule has 0 atom stereocenters. The molecule has 6 nitrogen and oxygen atoms in total. The molecule has 0 amide bonds. The van der Waals surface area contributed by atoms with Gasteiger partial charge in [0.1, 0.15) is 5.75 Å². The molecule has 2 aromatic carbocycles. The van der Waals surface area contributed by atoms with Crippen LogP contribution in [0.5, 0.6) is 5.75 Å². The largest absolute Gasteiger partial charge is 0.491 e. The number of aromatic nitrogens is 1. The summed E-state index contributed by atoms with van der Waals surface area (Å²) >= 11 is 0. The van der Waals surface area contributed by atoms with Gasteiger partial charge in [0.15, 0.2) is 0 Å². The summed E-state index contributed by atoms with van der Waals surface area (Å²) in [6, 6.07) is 11.2. The van der Waals surface area contributed by atoms with Gasteiger partial charge in [0.2, 0.25) is 9.84 Å². The molecule has 166 valence electrons. The minimum atomic E-state index is -3.69. The number of aromatic amines is 1. The fourth-order valence-electron chi connectivity index (χ4n) is 4.07. The number of aryl methyl sites for hydroxylation is 1. The molecule has 0 saturated carbocycles. The number of nitrogens with zero attached hydrogens (tertiary/aromatic N) is 1. The van der Waals surface area contributed by atoms with Crippen LogP contribution in [0.25, 0.3) is 10.9 Å². The van der Waals surface area contributed by atoms with Gasteiger partial charge in [-0.25, -0.2) is 8.42 Å². The molecule has 7 heteroatoms. The van der Waals surface area contributed by atoms with Crippen LogP contribution in [0.1, 0.15) is 32.3 Å². The van der Waals surface area contributed by atoms with Gasteiger partial charge in [-0.05, 0) is 89.6 Å².